The first kappa shape index (κ1) is 17.4. The fourth-order valence-electron chi connectivity index (χ4n) is 2.83. The summed E-state index contributed by atoms with van der Waals surface area (Å²) in [6, 6.07) is 7.24. The summed E-state index contributed by atoms with van der Waals surface area (Å²) in [5, 5.41) is 2.79. The van der Waals surface area contributed by atoms with E-state index in [1.807, 2.05) is 6.07 Å². The monoisotopic (exact) mass is 388 g/mol. The highest BCUT2D eigenvalue weighted by Gasteiger charge is 2.28. The predicted molar refractivity (Wildman–Crippen MR) is 90.3 cm³/mol. The van der Waals surface area contributed by atoms with Crippen LogP contribution in [0, 0.1) is 0 Å². The van der Waals surface area contributed by atoms with E-state index in [-0.39, 0.29) is 11.9 Å². The van der Waals surface area contributed by atoms with Gasteiger partial charge in [0.1, 0.15) is 0 Å². The molecule has 0 unspecified atom stereocenters. The minimum absolute atomic E-state index is 0.0790. The van der Waals surface area contributed by atoms with Gasteiger partial charge in [0.25, 0.3) is 5.91 Å². The summed E-state index contributed by atoms with van der Waals surface area (Å²) in [6.45, 7) is 0.628. The topological polar surface area (TPSA) is 66.5 Å². The second-order valence-electron chi connectivity index (χ2n) is 5.55. The van der Waals surface area contributed by atoms with Crippen molar-refractivity contribution < 1.29 is 13.2 Å². The van der Waals surface area contributed by atoms with Crippen LogP contribution in [0.3, 0.4) is 0 Å². The van der Waals surface area contributed by atoms with Gasteiger partial charge >= 0.3 is 0 Å². The quantitative estimate of drug-likeness (QED) is 0.813. The molecule has 1 aromatic carbocycles. The molecule has 0 saturated heterocycles. The number of sulfonamides is 1. The molecule has 0 spiro atoms. The minimum atomic E-state index is -3.25. The number of nitrogens with zero attached hydrogens (tertiary/aromatic N) is 1. The summed E-state index contributed by atoms with van der Waals surface area (Å²) in [4.78, 5) is 12.1. The van der Waals surface area contributed by atoms with Gasteiger partial charge in [-0.05, 0) is 40.9 Å². The third-order valence-corrected chi connectivity index (χ3v) is 5.92. The lowest BCUT2D eigenvalue weighted by Crippen LogP contribution is -2.43. The summed E-state index contributed by atoms with van der Waals surface area (Å²) in [5.74, 6) is -0.202. The lowest BCUT2D eigenvalue weighted by atomic mass is 10.2. The number of benzene rings is 1. The molecule has 0 aliphatic heterocycles. The SMILES string of the molecule is CS(=O)(=O)N(CCNC(=O)c1ccccc1Br)C1CCCC1. The van der Waals surface area contributed by atoms with Crippen LogP contribution in [0.1, 0.15) is 36.0 Å². The molecule has 2 rings (SSSR count). The number of rotatable bonds is 6. The second-order valence-corrected chi connectivity index (χ2v) is 8.34. The Hall–Kier alpha value is -0.920. The van der Waals surface area contributed by atoms with Gasteiger partial charge in [0.2, 0.25) is 10.0 Å². The van der Waals surface area contributed by atoms with Crippen molar-refractivity contribution in [2.75, 3.05) is 19.3 Å². The lowest BCUT2D eigenvalue weighted by molar-refractivity contribution is 0.0949. The molecule has 122 valence electrons. The Balaban J connectivity index is 1.93. The Morgan fingerprint density at radius 3 is 2.55 bits per heavy atom. The molecule has 1 amide bonds. The molecular formula is C15H21BrN2O3S. The number of halogens is 1. The fraction of sp³-hybridized carbons (Fsp3) is 0.533. The third kappa shape index (κ3) is 4.54. The van der Waals surface area contributed by atoms with Gasteiger partial charge in [0, 0.05) is 23.6 Å². The molecule has 0 heterocycles. The van der Waals surface area contributed by atoms with Gasteiger partial charge in [-0.15, -0.1) is 0 Å². The fourth-order valence-corrected chi connectivity index (χ4v) is 4.47. The van der Waals surface area contributed by atoms with E-state index in [1.54, 1.807) is 18.2 Å². The molecule has 7 heteroatoms. The van der Waals surface area contributed by atoms with Gasteiger partial charge in [0.05, 0.1) is 11.8 Å². The van der Waals surface area contributed by atoms with Gasteiger partial charge < -0.3 is 5.32 Å². The molecule has 5 nitrogen and oxygen atoms in total. The highest BCUT2D eigenvalue weighted by Crippen LogP contribution is 2.25. The van der Waals surface area contributed by atoms with Crippen molar-refractivity contribution in [1.82, 2.24) is 9.62 Å². The van der Waals surface area contributed by atoms with Gasteiger partial charge in [0.15, 0.2) is 0 Å². The first-order valence-electron chi connectivity index (χ1n) is 7.39. The van der Waals surface area contributed by atoms with Crippen LogP contribution >= 0.6 is 15.9 Å². The molecular weight excluding hydrogens is 368 g/mol. The molecule has 0 radical (unpaired) electrons. The van der Waals surface area contributed by atoms with Crippen LogP contribution in [0.15, 0.2) is 28.7 Å². The van der Waals surface area contributed by atoms with E-state index in [9.17, 15) is 13.2 Å². The molecule has 1 aliphatic rings. The van der Waals surface area contributed by atoms with Crippen LogP contribution in [0.2, 0.25) is 0 Å². The number of carbonyl (C=O) groups is 1. The average molecular weight is 389 g/mol. The van der Waals surface area contributed by atoms with Gasteiger partial charge in [-0.1, -0.05) is 25.0 Å². The maximum absolute atomic E-state index is 12.1. The molecule has 22 heavy (non-hydrogen) atoms. The van der Waals surface area contributed by atoms with E-state index in [0.717, 1.165) is 30.2 Å². The number of hydrogen-bond donors (Lipinski definition) is 1. The van der Waals surface area contributed by atoms with Crippen molar-refractivity contribution >= 4 is 31.9 Å². The van der Waals surface area contributed by atoms with Crippen molar-refractivity contribution in [3.8, 4) is 0 Å². The summed E-state index contributed by atoms with van der Waals surface area (Å²) >= 11 is 3.34. The zero-order valence-corrected chi connectivity index (χ0v) is 15.0. The highest BCUT2D eigenvalue weighted by molar-refractivity contribution is 9.10. The predicted octanol–water partition coefficient (Wildman–Crippen LogP) is 2.38. The minimum Gasteiger partial charge on any atom is -0.351 e. The molecule has 1 aliphatic carbocycles. The van der Waals surface area contributed by atoms with Crippen LogP contribution in [-0.4, -0.2) is 44.0 Å². The summed E-state index contributed by atoms with van der Waals surface area (Å²) in [6.07, 6.45) is 5.19. The number of carbonyl (C=O) groups excluding carboxylic acids is 1. The van der Waals surface area contributed by atoms with E-state index in [2.05, 4.69) is 21.2 Å². The first-order valence-corrected chi connectivity index (χ1v) is 10.0. The maximum atomic E-state index is 12.1. The standard InChI is InChI=1S/C15H21BrN2O3S/c1-22(20,21)18(12-6-2-3-7-12)11-10-17-15(19)13-8-4-5-9-14(13)16/h4-5,8-9,12H,2-3,6-7,10-11H2,1H3,(H,17,19). The first-order chi connectivity index (χ1) is 10.4. The van der Waals surface area contributed by atoms with Gasteiger partial charge in [-0.25, -0.2) is 8.42 Å². The smallest absolute Gasteiger partial charge is 0.252 e. The molecule has 0 bridgehead atoms. The van der Waals surface area contributed by atoms with Crippen molar-refractivity contribution in [3.63, 3.8) is 0 Å². The van der Waals surface area contributed by atoms with E-state index in [0.29, 0.717) is 18.7 Å². The average Bonchev–Trinajstić information content (AvgIpc) is 2.96. The molecule has 1 N–H and O–H groups in total. The zero-order chi connectivity index (χ0) is 16.2. The Bertz CT molecular complexity index is 627. The Kier molecular flexibility index (Phi) is 6.00. The van der Waals surface area contributed by atoms with Gasteiger partial charge in [-0.2, -0.15) is 4.31 Å². The van der Waals surface area contributed by atoms with Crippen LogP contribution < -0.4 is 5.32 Å². The maximum Gasteiger partial charge on any atom is 0.252 e. The van der Waals surface area contributed by atoms with Crippen molar-refractivity contribution in [1.29, 1.82) is 0 Å². The number of nitrogens with one attached hydrogen (secondary N) is 1. The van der Waals surface area contributed by atoms with E-state index >= 15 is 0 Å². The van der Waals surface area contributed by atoms with Crippen LogP contribution in [0.4, 0.5) is 0 Å². The van der Waals surface area contributed by atoms with E-state index < -0.39 is 10.0 Å². The number of amides is 1. The highest BCUT2D eigenvalue weighted by atomic mass is 79.9. The van der Waals surface area contributed by atoms with Gasteiger partial charge in [-0.3, -0.25) is 4.79 Å². The second kappa shape index (κ2) is 7.57. The normalized spacial score (nSPS) is 16.1. The largest absolute Gasteiger partial charge is 0.351 e. The van der Waals surface area contributed by atoms with Crippen molar-refractivity contribution in [2.24, 2.45) is 0 Å². The Morgan fingerprint density at radius 1 is 1.32 bits per heavy atom. The molecule has 1 saturated carbocycles. The summed E-state index contributed by atoms with van der Waals surface area (Å²) < 4.78 is 26.1. The third-order valence-electron chi connectivity index (χ3n) is 3.89. The lowest BCUT2D eigenvalue weighted by Gasteiger charge is -2.26. The van der Waals surface area contributed by atoms with Crippen molar-refractivity contribution in [2.45, 2.75) is 31.7 Å². The molecule has 0 aromatic heterocycles. The van der Waals surface area contributed by atoms with E-state index in [1.165, 1.54) is 10.6 Å². The number of hydrogen-bond acceptors (Lipinski definition) is 3. The Morgan fingerprint density at radius 2 is 1.95 bits per heavy atom. The summed E-state index contributed by atoms with van der Waals surface area (Å²) in [7, 11) is -3.25. The van der Waals surface area contributed by atoms with Crippen molar-refractivity contribution in [3.05, 3.63) is 34.3 Å². The van der Waals surface area contributed by atoms with Crippen LogP contribution in [0.5, 0.6) is 0 Å². The summed E-state index contributed by atoms with van der Waals surface area (Å²) in [5.41, 5.74) is 0.550. The Labute approximate surface area is 140 Å². The molecule has 1 fully saturated rings. The zero-order valence-electron chi connectivity index (χ0n) is 12.6. The molecule has 1 aromatic rings. The van der Waals surface area contributed by atoms with Crippen LogP contribution in [-0.2, 0) is 10.0 Å². The van der Waals surface area contributed by atoms with Crippen LogP contribution in [0.25, 0.3) is 0 Å². The molecule has 0 atom stereocenters. The van der Waals surface area contributed by atoms with E-state index in [4.69, 9.17) is 0 Å².